The summed E-state index contributed by atoms with van der Waals surface area (Å²) < 4.78 is 5.68. The van der Waals surface area contributed by atoms with Crippen molar-refractivity contribution in [1.29, 1.82) is 0 Å². The van der Waals surface area contributed by atoms with Gasteiger partial charge in [0.25, 0.3) is 0 Å². The molecule has 0 saturated heterocycles. The van der Waals surface area contributed by atoms with Crippen molar-refractivity contribution in [1.82, 2.24) is 10.3 Å². The van der Waals surface area contributed by atoms with Crippen LogP contribution in [0.1, 0.15) is 31.9 Å². The Morgan fingerprint density at radius 3 is 2.64 bits per heavy atom. The molecule has 6 heteroatoms. The first-order valence-corrected chi connectivity index (χ1v) is 7.32. The molecule has 2 rings (SSSR count). The minimum absolute atomic E-state index is 0.0590. The lowest BCUT2D eigenvalue weighted by atomic mass is 10.2. The smallest absolute Gasteiger partial charge is 0.319 e. The zero-order valence-corrected chi connectivity index (χ0v) is 12.8. The van der Waals surface area contributed by atoms with Crippen LogP contribution in [0.2, 0.25) is 0 Å². The Labute approximate surface area is 129 Å². The van der Waals surface area contributed by atoms with Crippen LogP contribution < -0.4 is 10.6 Å². The van der Waals surface area contributed by atoms with Crippen LogP contribution in [0.4, 0.5) is 10.5 Å². The maximum atomic E-state index is 11.6. The van der Waals surface area contributed by atoms with Gasteiger partial charge in [-0.15, -0.1) is 0 Å². The Bertz CT molecular complexity index is 605. The molecule has 0 aliphatic rings. The average molecular weight is 303 g/mol. The van der Waals surface area contributed by atoms with Crippen molar-refractivity contribution in [3.63, 3.8) is 0 Å². The van der Waals surface area contributed by atoms with Crippen LogP contribution in [0.5, 0.6) is 0 Å². The van der Waals surface area contributed by atoms with E-state index in [0.717, 1.165) is 11.3 Å². The van der Waals surface area contributed by atoms with E-state index in [-0.39, 0.29) is 12.6 Å². The second kappa shape index (κ2) is 7.61. The fraction of sp³-hybridized carbons (Fsp3) is 0.375. The van der Waals surface area contributed by atoms with Crippen LogP contribution in [-0.4, -0.2) is 29.3 Å². The number of nitrogens with zero attached hydrogens (tertiary/aromatic N) is 1. The first-order chi connectivity index (χ1) is 10.6. The van der Waals surface area contributed by atoms with Gasteiger partial charge in [-0.3, -0.25) is 0 Å². The molecule has 1 aromatic heterocycles. The molecular formula is C16H21N3O3. The van der Waals surface area contributed by atoms with E-state index < -0.39 is 0 Å². The van der Waals surface area contributed by atoms with Crippen molar-refractivity contribution in [2.75, 3.05) is 18.5 Å². The monoisotopic (exact) mass is 303 g/mol. The van der Waals surface area contributed by atoms with E-state index in [0.29, 0.717) is 30.5 Å². The second-order valence-corrected chi connectivity index (χ2v) is 5.26. The van der Waals surface area contributed by atoms with Gasteiger partial charge in [-0.25, -0.2) is 9.78 Å². The molecule has 3 N–H and O–H groups in total. The third-order valence-electron chi connectivity index (χ3n) is 3.10. The first kappa shape index (κ1) is 16.0. The van der Waals surface area contributed by atoms with E-state index in [1.165, 1.54) is 0 Å². The highest BCUT2D eigenvalue weighted by atomic mass is 16.4. The molecular weight excluding hydrogens is 282 g/mol. The Balaban J connectivity index is 1.96. The molecule has 22 heavy (non-hydrogen) atoms. The predicted octanol–water partition coefficient (Wildman–Crippen LogP) is 2.97. The number of carbonyl (C=O) groups is 1. The van der Waals surface area contributed by atoms with Crippen LogP contribution >= 0.6 is 0 Å². The van der Waals surface area contributed by atoms with Gasteiger partial charge in [0, 0.05) is 30.3 Å². The summed E-state index contributed by atoms with van der Waals surface area (Å²) in [5.41, 5.74) is 1.54. The van der Waals surface area contributed by atoms with Gasteiger partial charge >= 0.3 is 6.03 Å². The Morgan fingerprint density at radius 2 is 2.05 bits per heavy atom. The molecule has 0 radical (unpaired) electrons. The minimum atomic E-state index is -0.292. The summed E-state index contributed by atoms with van der Waals surface area (Å²) in [6, 6.07) is 6.98. The van der Waals surface area contributed by atoms with Crippen molar-refractivity contribution >= 4 is 11.7 Å². The van der Waals surface area contributed by atoms with E-state index >= 15 is 0 Å². The van der Waals surface area contributed by atoms with E-state index in [1.807, 2.05) is 26.0 Å². The summed E-state index contributed by atoms with van der Waals surface area (Å²) in [6.45, 7) is 4.59. The lowest BCUT2D eigenvalue weighted by molar-refractivity contribution is 0.249. The fourth-order valence-corrected chi connectivity index (χ4v) is 1.84. The number of aliphatic hydroxyl groups is 1. The van der Waals surface area contributed by atoms with Gasteiger partial charge in [0.15, 0.2) is 0 Å². The molecule has 0 saturated carbocycles. The highest BCUT2D eigenvalue weighted by molar-refractivity contribution is 5.89. The molecule has 2 aromatic rings. The van der Waals surface area contributed by atoms with E-state index in [1.54, 1.807) is 18.3 Å². The molecule has 1 aromatic carbocycles. The molecule has 6 nitrogen and oxygen atoms in total. The van der Waals surface area contributed by atoms with Crippen molar-refractivity contribution in [2.45, 2.75) is 26.2 Å². The van der Waals surface area contributed by atoms with Crippen LogP contribution in [0.3, 0.4) is 0 Å². The van der Waals surface area contributed by atoms with Gasteiger partial charge in [-0.1, -0.05) is 13.8 Å². The molecule has 0 unspecified atom stereocenters. The number of carbonyl (C=O) groups excluding carboxylic acids is 1. The predicted molar refractivity (Wildman–Crippen MR) is 84.8 cm³/mol. The number of aromatic nitrogens is 1. The number of nitrogens with one attached hydrogen (secondary N) is 2. The number of oxazole rings is 1. The highest BCUT2D eigenvalue weighted by Gasteiger charge is 2.09. The number of benzene rings is 1. The lowest BCUT2D eigenvalue weighted by Crippen LogP contribution is -2.29. The number of hydrogen-bond donors (Lipinski definition) is 3. The van der Waals surface area contributed by atoms with E-state index in [2.05, 4.69) is 15.6 Å². The topological polar surface area (TPSA) is 87.4 Å². The number of hydrogen-bond acceptors (Lipinski definition) is 4. The normalized spacial score (nSPS) is 10.7. The zero-order valence-electron chi connectivity index (χ0n) is 12.8. The summed E-state index contributed by atoms with van der Waals surface area (Å²) in [5.74, 6) is 1.72. The zero-order chi connectivity index (χ0) is 15.9. The molecule has 0 spiro atoms. The molecule has 0 aliphatic carbocycles. The number of anilines is 1. The average Bonchev–Trinajstić information content (AvgIpc) is 2.98. The molecule has 0 fully saturated rings. The molecule has 0 atom stereocenters. The fourth-order valence-electron chi connectivity index (χ4n) is 1.84. The van der Waals surface area contributed by atoms with Gasteiger partial charge in [-0.05, 0) is 30.7 Å². The van der Waals surface area contributed by atoms with Crippen LogP contribution in [0.25, 0.3) is 11.5 Å². The quantitative estimate of drug-likeness (QED) is 0.716. The maximum Gasteiger partial charge on any atom is 0.319 e. The third-order valence-corrected chi connectivity index (χ3v) is 3.10. The Hall–Kier alpha value is -2.34. The molecule has 1 heterocycles. The first-order valence-electron chi connectivity index (χ1n) is 7.32. The molecule has 118 valence electrons. The van der Waals surface area contributed by atoms with Gasteiger partial charge in [-0.2, -0.15) is 0 Å². The molecule has 0 bridgehead atoms. The van der Waals surface area contributed by atoms with Gasteiger partial charge < -0.3 is 20.2 Å². The Morgan fingerprint density at radius 1 is 1.32 bits per heavy atom. The van der Waals surface area contributed by atoms with Crippen LogP contribution in [-0.2, 0) is 0 Å². The Kier molecular flexibility index (Phi) is 5.55. The maximum absolute atomic E-state index is 11.6. The van der Waals surface area contributed by atoms with Crippen molar-refractivity contribution in [3.05, 3.63) is 36.2 Å². The van der Waals surface area contributed by atoms with E-state index in [4.69, 9.17) is 9.52 Å². The summed E-state index contributed by atoms with van der Waals surface area (Å²) >= 11 is 0. The van der Waals surface area contributed by atoms with Gasteiger partial charge in [0.2, 0.25) is 5.89 Å². The largest absolute Gasteiger partial charge is 0.441 e. The van der Waals surface area contributed by atoms with E-state index in [9.17, 15) is 4.79 Å². The number of amides is 2. The van der Waals surface area contributed by atoms with Crippen molar-refractivity contribution < 1.29 is 14.3 Å². The standard InChI is InChI=1S/C16H21N3O3/c1-11(2)14-10-18-15(22-14)12-4-6-13(7-5-12)19-16(21)17-8-3-9-20/h4-7,10-11,20H,3,8-9H2,1-2H3,(H2,17,19,21). The van der Waals surface area contributed by atoms with Crippen LogP contribution in [0.15, 0.2) is 34.9 Å². The van der Waals surface area contributed by atoms with Crippen molar-refractivity contribution in [2.24, 2.45) is 0 Å². The number of rotatable bonds is 6. The van der Waals surface area contributed by atoms with Crippen LogP contribution in [0, 0.1) is 0 Å². The minimum Gasteiger partial charge on any atom is -0.441 e. The summed E-state index contributed by atoms with van der Waals surface area (Å²) in [5, 5.41) is 14.0. The number of urea groups is 1. The molecule has 0 aliphatic heterocycles. The second-order valence-electron chi connectivity index (χ2n) is 5.26. The lowest BCUT2D eigenvalue weighted by Gasteiger charge is -2.07. The third kappa shape index (κ3) is 4.33. The van der Waals surface area contributed by atoms with Crippen molar-refractivity contribution in [3.8, 4) is 11.5 Å². The summed E-state index contributed by atoms with van der Waals surface area (Å²) in [4.78, 5) is 15.8. The molecule has 2 amide bonds. The highest BCUT2D eigenvalue weighted by Crippen LogP contribution is 2.24. The summed E-state index contributed by atoms with van der Waals surface area (Å²) in [6.07, 6.45) is 2.27. The van der Waals surface area contributed by atoms with Gasteiger partial charge in [0.1, 0.15) is 5.76 Å². The SMILES string of the molecule is CC(C)c1cnc(-c2ccc(NC(=O)NCCCO)cc2)o1. The number of aliphatic hydroxyl groups excluding tert-OH is 1. The van der Waals surface area contributed by atoms with Gasteiger partial charge in [0.05, 0.1) is 6.20 Å². The summed E-state index contributed by atoms with van der Waals surface area (Å²) in [7, 11) is 0.